The van der Waals surface area contributed by atoms with Crippen molar-refractivity contribution < 1.29 is 14.3 Å². The number of rotatable bonds is 3. The van der Waals surface area contributed by atoms with Gasteiger partial charge in [-0.05, 0) is 0 Å². The molecule has 0 unspecified atom stereocenters. The van der Waals surface area contributed by atoms with Crippen LogP contribution in [0, 0.1) is 0 Å². The summed E-state index contributed by atoms with van der Waals surface area (Å²) in [7, 11) is 0. The Morgan fingerprint density at radius 3 is 3.06 bits per heavy atom. The van der Waals surface area contributed by atoms with Gasteiger partial charge in [-0.3, -0.25) is 0 Å². The van der Waals surface area contributed by atoms with E-state index in [9.17, 15) is 4.79 Å². The zero-order chi connectivity index (χ0) is 11.4. The Morgan fingerprint density at radius 2 is 2.38 bits per heavy atom. The van der Waals surface area contributed by atoms with Crippen LogP contribution in [0.1, 0.15) is 17.4 Å². The van der Waals surface area contributed by atoms with Gasteiger partial charge in [0.15, 0.2) is 0 Å². The summed E-state index contributed by atoms with van der Waals surface area (Å²) in [5, 5.41) is 0. The van der Waals surface area contributed by atoms with Crippen LogP contribution >= 0.6 is 0 Å². The average Bonchev–Trinajstić information content (AvgIpc) is 2.80. The third kappa shape index (κ3) is 2.64. The number of nitrogens with zero attached hydrogens (tertiary/aromatic N) is 2. The van der Waals surface area contributed by atoms with E-state index in [2.05, 4.69) is 9.88 Å². The first kappa shape index (κ1) is 11.6. The third-order valence-corrected chi connectivity index (χ3v) is 4.15. The molecule has 5 nitrogen and oxygen atoms in total. The average molecular weight is 289 g/mol. The summed E-state index contributed by atoms with van der Waals surface area (Å²) in [5.74, 6) is -0.312. The number of carbonyl (C=O) groups is 1. The molecular weight excluding hydrogens is 275 g/mol. The fourth-order valence-electron chi connectivity index (χ4n) is 1.46. The summed E-state index contributed by atoms with van der Waals surface area (Å²) in [5.41, 5.74) is 0.461. The van der Waals surface area contributed by atoms with E-state index in [0.29, 0.717) is 12.3 Å². The second kappa shape index (κ2) is 5.48. The van der Waals surface area contributed by atoms with E-state index in [1.54, 1.807) is 6.92 Å². The van der Waals surface area contributed by atoms with Gasteiger partial charge in [0.2, 0.25) is 0 Å². The number of ether oxygens (including phenoxy) is 2. The molecule has 0 amide bonds. The number of hydrogen-bond acceptors (Lipinski definition) is 5. The van der Waals surface area contributed by atoms with Crippen LogP contribution in [0.5, 0.6) is 0 Å². The van der Waals surface area contributed by atoms with Crippen molar-refractivity contribution in [2.24, 2.45) is 0 Å². The Labute approximate surface area is 100 Å². The van der Waals surface area contributed by atoms with E-state index in [4.69, 9.17) is 9.47 Å². The fraction of sp³-hybridized carbons (Fsp3) is 0.600. The summed E-state index contributed by atoms with van der Waals surface area (Å²) in [6.07, 6.45) is 0. The first-order valence-electron chi connectivity index (χ1n) is 5.26. The third-order valence-electron chi connectivity index (χ3n) is 2.26. The standard InChI is InChI=1S/C10H14N2O3Se/c1-2-15-9(13)8-7-16-10(11-8)12-3-5-14-6-4-12/h7H,2-6H2,1H3. The van der Waals surface area contributed by atoms with Crippen LogP contribution in [0.2, 0.25) is 0 Å². The maximum atomic E-state index is 11.4. The van der Waals surface area contributed by atoms with Crippen molar-refractivity contribution in [3.8, 4) is 0 Å². The number of hydrogen-bond donors (Lipinski definition) is 0. The summed E-state index contributed by atoms with van der Waals surface area (Å²) in [6.45, 7) is 5.40. The molecule has 0 radical (unpaired) electrons. The molecule has 2 heterocycles. The van der Waals surface area contributed by atoms with Gasteiger partial charge in [0.1, 0.15) is 0 Å². The zero-order valence-electron chi connectivity index (χ0n) is 9.14. The van der Waals surface area contributed by atoms with Crippen molar-refractivity contribution in [3.05, 3.63) is 10.6 Å². The number of carbonyl (C=O) groups excluding carboxylic acids is 1. The van der Waals surface area contributed by atoms with E-state index in [1.807, 2.05) is 4.94 Å². The molecule has 1 aliphatic rings. The van der Waals surface area contributed by atoms with Crippen molar-refractivity contribution in [2.45, 2.75) is 6.92 Å². The van der Waals surface area contributed by atoms with Gasteiger partial charge in [0.05, 0.1) is 0 Å². The molecule has 88 valence electrons. The van der Waals surface area contributed by atoms with Gasteiger partial charge in [-0.2, -0.15) is 0 Å². The number of morpholine rings is 1. The van der Waals surface area contributed by atoms with Crippen molar-refractivity contribution >= 4 is 25.2 Å². The van der Waals surface area contributed by atoms with E-state index in [0.717, 1.165) is 31.0 Å². The van der Waals surface area contributed by atoms with Crippen LogP contribution in [0.3, 0.4) is 0 Å². The van der Waals surface area contributed by atoms with E-state index < -0.39 is 0 Å². The molecule has 0 bridgehead atoms. The molecule has 16 heavy (non-hydrogen) atoms. The Morgan fingerprint density at radius 1 is 1.62 bits per heavy atom. The zero-order valence-corrected chi connectivity index (χ0v) is 10.9. The van der Waals surface area contributed by atoms with E-state index >= 15 is 0 Å². The van der Waals surface area contributed by atoms with Gasteiger partial charge in [-0.25, -0.2) is 0 Å². The summed E-state index contributed by atoms with van der Waals surface area (Å²) in [6, 6.07) is 0. The van der Waals surface area contributed by atoms with Crippen LogP contribution in [0.15, 0.2) is 4.94 Å². The molecule has 1 aromatic heterocycles. The maximum absolute atomic E-state index is 11.4. The van der Waals surface area contributed by atoms with Gasteiger partial charge in [-0.15, -0.1) is 0 Å². The molecular formula is C10H14N2O3Se. The molecule has 0 spiro atoms. The quantitative estimate of drug-likeness (QED) is 0.586. The predicted octanol–water partition coefficient (Wildman–Crippen LogP) is 0.152. The van der Waals surface area contributed by atoms with Crippen LogP contribution in [0.25, 0.3) is 0 Å². The van der Waals surface area contributed by atoms with Gasteiger partial charge >= 0.3 is 99.8 Å². The molecule has 6 heteroatoms. The molecule has 0 aromatic carbocycles. The van der Waals surface area contributed by atoms with Crippen molar-refractivity contribution in [1.82, 2.24) is 4.98 Å². The minimum atomic E-state index is -0.312. The van der Waals surface area contributed by atoms with E-state index in [-0.39, 0.29) is 20.5 Å². The molecule has 1 aromatic rings. The Hall–Kier alpha value is -0.841. The number of esters is 1. The van der Waals surface area contributed by atoms with Crippen molar-refractivity contribution in [1.29, 1.82) is 0 Å². The molecule has 0 atom stereocenters. The minimum absolute atomic E-state index is 0.152. The van der Waals surface area contributed by atoms with Gasteiger partial charge in [-0.1, -0.05) is 0 Å². The molecule has 0 aliphatic carbocycles. The second-order valence-electron chi connectivity index (χ2n) is 3.34. The molecule has 0 N–H and O–H groups in total. The Kier molecular flexibility index (Phi) is 3.98. The molecule has 1 fully saturated rings. The monoisotopic (exact) mass is 290 g/mol. The normalized spacial score (nSPS) is 16.2. The Bertz CT molecular complexity index is 361. The van der Waals surface area contributed by atoms with Crippen LogP contribution in [-0.4, -0.2) is 58.4 Å². The van der Waals surface area contributed by atoms with Gasteiger partial charge in [0, 0.05) is 0 Å². The molecule has 2 rings (SSSR count). The number of anilines is 1. The van der Waals surface area contributed by atoms with Crippen LogP contribution in [0.4, 0.5) is 4.69 Å². The summed E-state index contributed by atoms with van der Waals surface area (Å²) >= 11 is 0.152. The first-order chi connectivity index (χ1) is 7.81. The van der Waals surface area contributed by atoms with Crippen LogP contribution < -0.4 is 4.90 Å². The topological polar surface area (TPSA) is 51.7 Å². The van der Waals surface area contributed by atoms with Gasteiger partial charge < -0.3 is 0 Å². The first-order valence-corrected chi connectivity index (χ1v) is 7.11. The Balaban J connectivity index is 2.03. The molecule has 0 saturated carbocycles. The second-order valence-corrected chi connectivity index (χ2v) is 5.09. The SMILES string of the molecule is CCOC(=O)c1c[se]c(N2CCOCC2)n1. The molecule has 1 aliphatic heterocycles. The fourth-order valence-corrected chi connectivity index (χ4v) is 3.24. The van der Waals surface area contributed by atoms with E-state index in [1.165, 1.54) is 0 Å². The van der Waals surface area contributed by atoms with Gasteiger partial charge in [0.25, 0.3) is 0 Å². The van der Waals surface area contributed by atoms with Crippen molar-refractivity contribution in [3.63, 3.8) is 0 Å². The molecule has 1 saturated heterocycles. The predicted molar refractivity (Wildman–Crippen MR) is 60.2 cm³/mol. The summed E-state index contributed by atoms with van der Waals surface area (Å²) < 4.78 is 11.2. The van der Waals surface area contributed by atoms with Crippen LogP contribution in [-0.2, 0) is 9.47 Å². The summed E-state index contributed by atoms with van der Waals surface area (Å²) in [4.78, 5) is 19.8. The van der Waals surface area contributed by atoms with Crippen molar-refractivity contribution in [2.75, 3.05) is 37.8 Å². The number of aromatic nitrogens is 1.